The molecule has 1 heterocycles. The van der Waals surface area contributed by atoms with Gasteiger partial charge < -0.3 is 5.73 Å². The highest BCUT2D eigenvalue weighted by Gasteiger charge is 2.11. The molecule has 14 heavy (non-hydrogen) atoms. The van der Waals surface area contributed by atoms with Crippen molar-refractivity contribution in [1.29, 1.82) is 0 Å². The number of hydrogen-bond acceptors (Lipinski definition) is 3. The van der Waals surface area contributed by atoms with Crippen LogP contribution in [-0.2, 0) is 0 Å². The molecule has 1 aromatic carbocycles. The summed E-state index contributed by atoms with van der Waals surface area (Å²) in [5.41, 5.74) is 6.98. The lowest BCUT2D eigenvalue weighted by molar-refractivity contribution is 0.100. The van der Waals surface area contributed by atoms with Crippen LogP contribution in [0.15, 0.2) is 24.3 Å². The zero-order chi connectivity index (χ0) is 10.1. The first-order valence-electron chi connectivity index (χ1n) is 4.22. The number of primary amides is 1. The first-order chi connectivity index (χ1) is 6.70. The minimum atomic E-state index is -0.464. The van der Waals surface area contributed by atoms with E-state index in [0.29, 0.717) is 16.8 Å². The molecule has 2 N–H and O–H groups in total. The number of benzene rings is 1. The smallest absolute Gasteiger partial charge is 0.251 e. The molecule has 0 radical (unpaired) electrons. The van der Waals surface area contributed by atoms with Crippen LogP contribution in [-0.4, -0.2) is 16.1 Å². The number of nitrogens with two attached hydrogens (primary N) is 1. The van der Waals surface area contributed by atoms with E-state index < -0.39 is 5.91 Å². The van der Waals surface area contributed by atoms with Gasteiger partial charge in [-0.25, -0.2) is 0 Å². The van der Waals surface area contributed by atoms with Gasteiger partial charge in [0.1, 0.15) is 0 Å². The molecule has 1 aromatic heterocycles. The normalized spacial score (nSPS) is 10.4. The van der Waals surface area contributed by atoms with Gasteiger partial charge in [0, 0.05) is 5.39 Å². The number of aryl methyl sites for hydroxylation is 1. The minimum Gasteiger partial charge on any atom is -0.366 e. The van der Waals surface area contributed by atoms with Gasteiger partial charge in [0.2, 0.25) is 0 Å². The summed E-state index contributed by atoms with van der Waals surface area (Å²) < 4.78 is 0. The van der Waals surface area contributed by atoms with Crippen LogP contribution in [0.2, 0.25) is 0 Å². The Labute approximate surface area is 80.8 Å². The van der Waals surface area contributed by atoms with Crippen molar-refractivity contribution in [3.8, 4) is 0 Å². The molecule has 0 saturated carbocycles. The number of fused-ring (bicyclic) bond motifs is 1. The molecule has 0 aliphatic rings. The summed E-state index contributed by atoms with van der Waals surface area (Å²) in [5.74, 6) is -0.464. The molecule has 0 saturated heterocycles. The standard InChI is InChI=1S/C10H9N3O/c1-6-9(10(11)14)7-4-2-3-5-8(7)13-12-6/h2-5H,1H3,(H2,11,14). The maximum atomic E-state index is 11.2. The second kappa shape index (κ2) is 3.06. The summed E-state index contributed by atoms with van der Waals surface area (Å²) in [4.78, 5) is 11.2. The third kappa shape index (κ3) is 1.21. The fourth-order valence-electron chi connectivity index (χ4n) is 1.46. The summed E-state index contributed by atoms with van der Waals surface area (Å²) in [6.45, 7) is 1.72. The lowest BCUT2D eigenvalue weighted by Gasteiger charge is -2.03. The van der Waals surface area contributed by atoms with E-state index in [-0.39, 0.29) is 0 Å². The SMILES string of the molecule is Cc1nnc2ccccc2c1C(N)=O. The average Bonchev–Trinajstić information content (AvgIpc) is 2.17. The third-order valence-corrected chi connectivity index (χ3v) is 2.09. The molecule has 0 aliphatic carbocycles. The van der Waals surface area contributed by atoms with Gasteiger partial charge in [-0.2, -0.15) is 10.2 Å². The second-order valence-electron chi connectivity index (χ2n) is 3.04. The Morgan fingerprint density at radius 3 is 2.71 bits per heavy atom. The van der Waals surface area contributed by atoms with Crippen LogP contribution in [0, 0.1) is 6.92 Å². The Balaban J connectivity index is 2.90. The van der Waals surface area contributed by atoms with Crippen LogP contribution in [0.1, 0.15) is 16.1 Å². The van der Waals surface area contributed by atoms with E-state index in [9.17, 15) is 4.79 Å². The summed E-state index contributed by atoms with van der Waals surface area (Å²) >= 11 is 0. The monoisotopic (exact) mass is 187 g/mol. The number of rotatable bonds is 1. The average molecular weight is 187 g/mol. The molecule has 0 fully saturated rings. The summed E-state index contributed by atoms with van der Waals surface area (Å²) in [6.07, 6.45) is 0. The highest BCUT2D eigenvalue weighted by molar-refractivity contribution is 6.05. The van der Waals surface area contributed by atoms with Crippen LogP contribution in [0.25, 0.3) is 10.9 Å². The van der Waals surface area contributed by atoms with Gasteiger partial charge >= 0.3 is 0 Å². The van der Waals surface area contributed by atoms with E-state index in [1.54, 1.807) is 13.0 Å². The van der Waals surface area contributed by atoms with Crippen LogP contribution in [0.4, 0.5) is 0 Å². The molecular formula is C10H9N3O. The number of amides is 1. The van der Waals surface area contributed by atoms with E-state index in [1.807, 2.05) is 18.2 Å². The fourth-order valence-corrected chi connectivity index (χ4v) is 1.46. The van der Waals surface area contributed by atoms with Crippen molar-refractivity contribution in [3.05, 3.63) is 35.5 Å². The molecular weight excluding hydrogens is 178 g/mol. The Bertz CT molecular complexity index is 508. The van der Waals surface area contributed by atoms with E-state index >= 15 is 0 Å². The maximum absolute atomic E-state index is 11.2. The predicted octanol–water partition coefficient (Wildman–Crippen LogP) is 1.04. The Hall–Kier alpha value is -1.97. The highest BCUT2D eigenvalue weighted by atomic mass is 16.1. The van der Waals surface area contributed by atoms with E-state index in [1.165, 1.54) is 0 Å². The molecule has 4 nitrogen and oxygen atoms in total. The first kappa shape index (κ1) is 8.62. The molecule has 4 heteroatoms. The maximum Gasteiger partial charge on any atom is 0.251 e. The second-order valence-corrected chi connectivity index (χ2v) is 3.04. The summed E-state index contributed by atoms with van der Waals surface area (Å²) in [7, 11) is 0. The zero-order valence-electron chi connectivity index (χ0n) is 7.69. The van der Waals surface area contributed by atoms with Gasteiger partial charge in [-0.1, -0.05) is 18.2 Å². The molecule has 2 rings (SSSR count). The van der Waals surface area contributed by atoms with Gasteiger partial charge in [-0.05, 0) is 13.0 Å². The first-order valence-corrected chi connectivity index (χ1v) is 4.22. The highest BCUT2D eigenvalue weighted by Crippen LogP contribution is 2.17. The van der Waals surface area contributed by atoms with Crippen molar-refractivity contribution in [2.45, 2.75) is 6.92 Å². The van der Waals surface area contributed by atoms with Crippen molar-refractivity contribution in [2.75, 3.05) is 0 Å². The zero-order valence-corrected chi connectivity index (χ0v) is 7.69. The largest absolute Gasteiger partial charge is 0.366 e. The van der Waals surface area contributed by atoms with Crippen molar-refractivity contribution in [1.82, 2.24) is 10.2 Å². The lowest BCUT2D eigenvalue weighted by atomic mass is 10.1. The third-order valence-electron chi connectivity index (χ3n) is 2.09. The number of aromatic nitrogens is 2. The molecule has 0 unspecified atom stereocenters. The van der Waals surface area contributed by atoms with E-state index in [0.717, 1.165) is 5.39 Å². The predicted molar refractivity (Wildman–Crippen MR) is 52.8 cm³/mol. The molecule has 2 aromatic rings. The van der Waals surface area contributed by atoms with Gasteiger partial charge in [0.15, 0.2) is 0 Å². The molecule has 0 bridgehead atoms. The lowest BCUT2D eigenvalue weighted by Crippen LogP contribution is -2.14. The fraction of sp³-hybridized carbons (Fsp3) is 0.100. The van der Waals surface area contributed by atoms with Crippen molar-refractivity contribution >= 4 is 16.8 Å². The number of carbonyl (C=O) groups is 1. The van der Waals surface area contributed by atoms with Gasteiger partial charge in [0.05, 0.1) is 16.8 Å². The van der Waals surface area contributed by atoms with E-state index in [4.69, 9.17) is 5.73 Å². The molecule has 0 aliphatic heterocycles. The number of hydrogen-bond donors (Lipinski definition) is 1. The molecule has 0 atom stereocenters. The topological polar surface area (TPSA) is 68.9 Å². The van der Waals surface area contributed by atoms with Crippen molar-refractivity contribution < 1.29 is 4.79 Å². The molecule has 1 amide bonds. The van der Waals surface area contributed by atoms with Gasteiger partial charge in [-0.3, -0.25) is 4.79 Å². The van der Waals surface area contributed by atoms with E-state index in [2.05, 4.69) is 10.2 Å². The van der Waals surface area contributed by atoms with Crippen LogP contribution in [0.3, 0.4) is 0 Å². The Kier molecular flexibility index (Phi) is 1.89. The Morgan fingerprint density at radius 1 is 1.29 bits per heavy atom. The Morgan fingerprint density at radius 2 is 2.00 bits per heavy atom. The summed E-state index contributed by atoms with van der Waals surface area (Å²) in [5, 5.41) is 8.60. The van der Waals surface area contributed by atoms with Crippen molar-refractivity contribution in [3.63, 3.8) is 0 Å². The molecule has 0 spiro atoms. The van der Waals surface area contributed by atoms with Crippen LogP contribution in [0.5, 0.6) is 0 Å². The minimum absolute atomic E-state index is 0.454. The summed E-state index contributed by atoms with van der Waals surface area (Å²) in [6, 6.07) is 7.30. The van der Waals surface area contributed by atoms with Gasteiger partial charge in [0.25, 0.3) is 5.91 Å². The quantitative estimate of drug-likeness (QED) is 0.725. The van der Waals surface area contributed by atoms with Crippen molar-refractivity contribution in [2.24, 2.45) is 5.73 Å². The molecule has 70 valence electrons. The number of carbonyl (C=O) groups excluding carboxylic acids is 1. The number of nitrogens with zero attached hydrogens (tertiary/aromatic N) is 2. The van der Waals surface area contributed by atoms with Crippen LogP contribution < -0.4 is 5.73 Å². The van der Waals surface area contributed by atoms with Crippen LogP contribution >= 0.6 is 0 Å². The van der Waals surface area contributed by atoms with Gasteiger partial charge in [-0.15, -0.1) is 0 Å².